The summed E-state index contributed by atoms with van der Waals surface area (Å²) in [5.74, 6) is -0.225. The van der Waals surface area contributed by atoms with Crippen LogP contribution in [0.1, 0.15) is 33.6 Å². The van der Waals surface area contributed by atoms with Gasteiger partial charge >= 0.3 is 0 Å². The topological polar surface area (TPSA) is 91.2 Å². The Morgan fingerprint density at radius 3 is 2.61 bits per heavy atom. The van der Waals surface area contributed by atoms with Gasteiger partial charge in [-0.05, 0) is 31.0 Å². The van der Waals surface area contributed by atoms with Crippen LogP contribution in [-0.4, -0.2) is 46.0 Å². The highest BCUT2D eigenvalue weighted by atomic mass is 35.5. The van der Waals surface area contributed by atoms with E-state index < -0.39 is 0 Å². The fourth-order valence-corrected chi connectivity index (χ4v) is 3.48. The Morgan fingerprint density at radius 1 is 1.18 bits per heavy atom. The Labute approximate surface area is 166 Å². The summed E-state index contributed by atoms with van der Waals surface area (Å²) in [6.45, 7) is 1.18. The lowest BCUT2D eigenvalue weighted by atomic mass is 10.0. The maximum absolute atomic E-state index is 12.7. The van der Waals surface area contributed by atoms with Crippen molar-refractivity contribution in [2.45, 2.75) is 18.9 Å². The molecular weight excluding hydrogens is 380 g/mol. The van der Waals surface area contributed by atoms with Crippen LogP contribution in [0, 0.1) is 0 Å². The number of likely N-dealkylation sites (tertiary alicyclic amines) is 1. The lowest BCUT2D eigenvalue weighted by Gasteiger charge is -2.32. The quantitative estimate of drug-likeness (QED) is 0.705. The van der Waals surface area contributed by atoms with E-state index >= 15 is 0 Å². The molecule has 0 saturated carbocycles. The van der Waals surface area contributed by atoms with Crippen molar-refractivity contribution in [3.05, 3.63) is 65.2 Å². The Hall–Kier alpha value is -3.06. The van der Waals surface area contributed by atoms with Gasteiger partial charge in [-0.15, -0.1) is 0 Å². The van der Waals surface area contributed by atoms with Crippen LogP contribution in [0.3, 0.4) is 0 Å². The van der Waals surface area contributed by atoms with Crippen LogP contribution >= 0.6 is 11.6 Å². The van der Waals surface area contributed by atoms with Crippen LogP contribution in [-0.2, 0) is 0 Å². The first-order valence-electron chi connectivity index (χ1n) is 9.03. The van der Waals surface area contributed by atoms with Crippen LogP contribution in [0.2, 0.25) is 5.02 Å². The van der Waals surface area contributed by atoms with Gasteiger partial charge in [-0.3, -0.25) is 14.7 Å². The molecule has 7 nitrogen and oxygen atoms in total. The SMILES string of the molecule is O=C(NC1CCN(C(=O)c2ccoc2)CC1)c1cn[nH]c1-c1ccc(Cl)cc1. The molecule has 28 heavy (non-hydrogen) atoms. The number of carbonyl (C=O) groups excluding carboxylic acids is 2. The summed E-state index contributed by atoms with van der Waals surface area (Å²) in [7, 11) is 0. The predicted molar refractivity (Wildman–Crippen MR) is 104 cm³/mol. The third-order valence-electron chi connectivity index (χ3n) is 4.90. The summed E-state index contributed by atoms with van der Waals surface area (Å²) >= 11 is 5.93. The van der Waals surface area contributed by atoms with Crippen molar-refractivity contribution in [2.75, 3.05) is 13.1 Å². The molecule has 3 aromatic rings. The monoisotopic (exact) mass is 398 g/mol. The highest BCUT2D eigenvalue weighted by molar-refractivity contribution is 6.30. The molecule has 2 amide bonds. The molecule has 8 heteroatoms. The first kappa shape index (κ1) is 18.3. The summed E-state index contributed by atoms with van der Waals surface area (Å²) in [6.07, 6.45) is 5.86. The Balaban J connectivity index is 1.37. The number of H-pyrrole nitrogens is 1. The van der Waals surface area contributed by atoms with Crippen LogP contribution in [0.5, 0.6) is 0 Å². The second-order valence-corrected chi connectivity index (χ2v) is 7.15. The van der Waals surface area contributed by atoms with Gasteiger partial charge in [-0.25, -0.2) is 0 Å². The van der Waals surface area contributed by atoms with E-state index in [2.05, 4.69) is 15.5 Å². The van der Waals surface area contributed by atoms with Crippen molar-refractivity contribution in [3.8, 4) is 11.3 Å². The van der Waals surface area contributed by atoms with Gasteiger partial charge in [-0.2, -0.15) is 5.10 Å². The van der Waals surface area contributed by atoms with Crippen molar-refractivity contribution in [1.82, 2.24) is 20.4 Å². The average Bonchev–Trinajstić information content (AvgIpc) is 3.41. The molecule has 0 atom stereocenters. The number of nitrogens with one attached hydrogen (secondary N) is 2. The molecule has 0 aliphatic carbocycles. The second kappa shape index (κ2) is 7.90. The summed E-state index contributed by atoms with van der Waals surface area (Å²) in [5.41, 5.74) is 2.53. The van der Waals surface area contributed by atoms with E-state index in [1.165, 1.54) is 18.7 Å². The maximum atomic E-state index is 12.7. The number of aromatic amines is 1. The van der Waals surface area contributed by atoms with E-state index in [4.69, 9.17) is 16.0 Å². The number of carbonyl (C=O) groups is 2. The van der Waals surface area contributed by atoms with E-state index in [-0.39, 0.29) is 17.9 Å². The molecule has 1 saturated heterocycles. The van der Waals surface area contributed by atoms with E-state index in [0.29, 0.717) is 47.8 Å². The first-order valence-corrected chi connectivity index (χ1v) is 9.41. The van der Waals surface area contributed by atoms with Crippen LogP contribution in [0.25, 0.3) is 11.3 Å². The summed E-state index contributed by atoms with van der Waals surface area (Å²) < 4.78 is 4.98. The lowest BCUT2D eigenvalue weighted by Crippen LogP contribution is -2.46. The highest BCUT2D eigenvalue weighted by Crippen LogP contribution is 2.23. The number of hydrogen-bond acceptors (Lipinski definition) is 4. The molecule has 0 bridgehead atoms. The minimum absolute atomic E-state index is 0.00821. The van der Waals surface area contributed by atoms with Gasteiger partial charge in [-0.1, -0.05) is 23.7 Å². The largest absolute Gasteiger partial charge is 0.472 e. The minimum atomic E-state index is -0.182. The van der Waals surface area contributed by atoms with E-state index in [9.17, 15) is 9.59 Å². The molecule has 2 N–H and O–H groups in total. The number of furan rings is 1. The van der Waals surface area contributed by atoms with Crippen molar-refractivity contribution in [1.29, 1.82) is 0 Å². The summed E-state index contributed by atoms with van der Waals surface area (Å²) in [5, 5.41) is 10.6. The molecular formula is C20H19ClN4O3. The number of rotatable bonds is 4. The number of piperidine rings is 1. The molecule has 0 unspecified atom stereocenters. The number of aromatic nitrogens is 2. The van der Waals surface area contributed by atoms with Crippen molar-refractivity contribution in [3.63, 3.8) is 0 Å². The van der Waals surface area contributed by atoms with Crippen LogP contribution in [0.4, 0.5) is 0 Å². The van der Waals surface area contributed by atoms with E-state index in [0.717, 1.165) is 5.56 Å². The van der Waals surface area contributed by atoms with Crippen LogP contribution < -0.4 is 5.32 Å². The summed E-state index contributed by atoms with van der Waals surface area (Å²) in [6, 6.07) is 8.89. The van der Waals surface area contributed by atoms with Crippen molar-refractivity contribution >= 4 is 23.4 Å². The molecule has 4 rings (SSSR count). The van der Waals surface area contributed by atoms with Crippen molar-refractivity contribution in [2.24, 2.45) is 0 Å². The minimum Gasteiger partial charge on any atom is -0.472 e. The van der Waals surface area contributed by atoms with Gasteiger partial charge in [0.2, 0.25) is 0 Å². The number of amides is 2. The average molecular weight is 399 g/mol. The lowest BCUT2D eigenvalue weighted by molar-refractivity contribution is 0.0697. The Bertz CT molecular complexity index is 958. The van der Waals surface area contributed by atoms with Gasteiger partial charge in [0.05, 0.1) is 29.3 Å². The fraction of sp³-hybridized carbons (Fsp3) is 0.250. The zero-order chi connectivity index (χ0) is 19.5. The van der Waals surface area contributed by atoms with Gasteiger partial charge in [0.15, 0.2) is 0 Å². The third kappa shape index (κ3) is 3.80. The van der Waals surface area contributed by atoms with Gasteiger partial charge < -0.3 is 14.6 Å². The smallest absolute Gasteiger partial charge is 0.257 e. The van der Waals surface area contributed by atoms with E-state index in [1.807, 2.05) is 12.1 Å². The predicted octanol–water partition coefficient (Wildman–Crippen LogP) is 3.36. The standard InChI is InChI=1S/C20H19ClN4O3/c21-15-3-1-13(2-4-15)18-17(11-22-24-18)19(26)23-16-5-8-25(9-6-16)20(27)14-7-10-28-12-14/h1-4,7,10-12,16H,5-6,8-9H2,(H,22,24)(H,23,26). The normalized spacial score (nSPS) is 14.8. The molecule has 2 aromatic heterocycles. The second-order valence-electron chi connectivity index (χ2n) is 6.72. The molecule has 0 radical (unpaired) electrons. The molecule has 1 aliphatic rings. The van der Waals surface area contributed by atoms with Gasteiger partial charge in [0, 0.05) is 29.7 Å². The Morgan fingerprint density at radius 2 is 1.93 bits per heavy atom. The van der Waals surface area contributed by atoms with Gasteiger partial charge in [0.1, 0.15) is 6.26 Å². The first-order chi connectivity index (χ1) is 13.6. The van der Waals surface area contributed by atoms with Crippen LogP contribution in [0.15, 0.2) is 53.5 Å². The third-order valence-corrected chi connectivity index (χ3v) is 5.15. The molecule has 1 fully saturated rings. The molecule has 0 spiro atoms. The zero-order valence-corrected chi connectivity index (χ0v) is 15.8. The Kier molecular flexibility index (Phi) is 5.16. The summed E-state index contributed by atoms with van der Waals surface area (Å²) in [4.78, 5) is 26.9. The van der Waals surface area contributed by atoms with E-state index in [1.54, 1.807) is 23.1 Å². The molecule has 1 aliphatic heterocycles. The molecule has 1 aromatic carbocycles. The fourth-order valence-electron chi connectivity index (χ4n) is 3.35. The van der Waals surface area contributed by atoms with Crippen molar-refractivity contribution < 1.29 is 14.0 Å². The zero-order valence-electron chi connectivity index (χ0n) is 15.0. The number of halogens is 1. The molecule has 3 heterocycles. The number of nitrogens with zero attached hydrogens (tertiary/aromatic N) is 2. The maximum Gasteiger partial charge on any atom is 0.257 e. The molecule has 144 valence electrons. The number of benzene rings is 1. The van der Waals surface area contributed by atoms with Gasteiger partial charge in [0.25, 0.3) is 11.8 Å². The number of hydrogen-bond donors (Lipinski definition) is 2. The highest BCUT2D eigenvalue weighted by Gasteiger charge is 2.26.